The van der Waals surface area contributed by atoms with Crippen LogP contribution in [0.25, 0.3) is 0 Å². The zero-order valence-electron chi connectivity index (χ0n) is 9.54. The summed E-state index contributed by atoms with van der Waals surface area (Å²) in [5.74, 6) is 0.287. The number of nitrogen functional groups attached to an aromatic ring is 1. The van der Waals surface area contributed by atoms with Crippen LogP contribution in [0.1, 0.15) is 15.9 Å². The number of aromatic nitrogens is 1. The Morgan fingerprint density at radius 3 is 2.83 bits per heavy atom. The number of pyridine rings is 1. The standard InChI is InChI=1S/C13H12N2O2S/c14-12-5-4-11(7-15-12)18-8-9-2-1-3-10(6-9)13(16)17/h1-7H,8H2,(H2,14,15)(H,16,17). The van der Waals surface area contributed by atoms with Crippen LogP contribution in [0.2, 0.25) is 0 Å². The van der Waals surface area contributed by atoms with Gasteiger partial charge in [-0.1, -0.05) is 12.1 Å². The number of carboxylic acid groups (broad SMARTS) is 1. The Morgan fingerprint density at radius 2 is 2.17 bits per heavy atom. The highest BCUT2D eigenvalue weighted by atomic mass is 32.2. The molecule has 0 unspecified atom stereocenters. The molecule has 0 atom stereocenters. The van der Waals surface area contributed by atoms with Crippen molar-refractivity contribution in [3.63, 3.8) is 0 Å². The molecule has 0 spiro atoms. The highest BCUT2D eigenvalue weighted by Gasteiger charge is 2.03. The van der Waals surface area contributed by atoms with Gasteiger partial charge in [0.25, 0.3) is 0 Å². The van der Waals surface area contributed by atoms with E-state index in [-0.39, 0.29) is 0 Å². The summed E-state index contributed by atoms with van der Waals surface area (Å²) in [6, 6.07) is 10.6. The predicted octanol–water partition coefficient (Wildman–Crippen LogP) is 2.65. The number of hydrogen-bond acceptors (Lipinski definition) is 4. The summed E-state index contributed by atoms with van der Waals surface area (Å²) in [5.41, 5.74) is 6.78. The molecule has 18 heavy (non-hydrogen) atoms. The van der Waals surface area contributed by atoms with E-state index in [1.165, 1.54) is 0 Å². The molecule has 5 heteroatoms. The lowest BCUT2D eigenvalue weighted by molar-refractivity contribution is 0.0697. The van der Waals surface area contributed by atoms with E-state index in [9.17, 15) is 4.79 Å². The normalized spacial score (nSPS) is 10.2. The van der Waals surface area contributed by atoms with Crippen LogP contribution in [0.15, 0.2) is 47.5 Å². The summed E-state index contributed by atoms with van der Waals surface area (Å²) < 4.78 is 0. The zero-order valence-corrected chi connectivity index (χ0v) is 10.4. The third kappa shape index (κ3) is 3.24. The van der Waals surface area contributed by atoms with Crippen LogP contribution in [-0.4, -0.2) is 16.1 Å². The van der Waals surface area contributed by atoms with Gasteiger partial charge in [0.2, 0.25) is 0 Å². The largest absolute Gasteiger partial charge is 0.478 e. The molecule has 2 aromatic rings. The van der Waals surface area contributed by atoms with Gasteiger partial charge in [-0.15, -0.1) is 11.8 Å². The molecule has 0 aliphatic heterocycles. The molecular formula is C13H12N2O2S. The van der Waals surface area contributed by atoms with Gasteiger partial charge in [0.15, 0.2) is 0 Å². The van der Waals surface area contributed by atoms with Crippen molar-refractivity contribution in [2.24, 2.45) is 0 Å². The monoisotopic (exact) mass is 260 g/mol. The Labute approximate surface area is 109 Å². The van der Waals surface area contributed by atoms with Crippen LogP contribution in [-0.2, 0) is 5.75 Å². The Hall–Kier alpha value is -2.01. The number of aromatic carboxylic acids is 1. The SMILES string of the molecule is Nc1ccc(SCc2cccc(C(=O)O)c2)cn1. The minimum absolute atomic E-state index is 0.309. The second-order valence-corrected chi connectivity index (χ2v) is 4.76. The summed E-state index contributed by atoms with van der Waals surface area (Å²) in [5, 5.41) is 8.89. The molecular weight excluding hydrogens is 248 g/mol. The topological polar surface area (TPSA) is 76.2 Å². The molecule has 4 nitrogen and oxygen atoms in total. The molecule has 0 amide bonds. The summed E-state index contributed by atoms with van der Waals surface area (Å²) in [4.78, 5) is 15.8. The van der Waals surface area contributed by atoms with E-state index in [1.807, 2.05) is 12.1 Å². The average molecular weight is 260 g/mol. The molecule has 0 bridgehead atoms. The zero-order chi connectivity index (χ0) is 13.0. The number of nitrogens with zero attached hydrogens (tertiary/aromatic N) is 1. The van der Waals surface area contributed by atoms with Crippen LogP contribution in [0.4, 0.5) is 5.82 Å². The summed E-state index contributed by atoms with van der Waals surface area (Å²) in [6.45, 7) is 0. The number of anilines is 1. The first-order valence-electron chi connectivity index (χ1n) is 5.32. The maximum absolute atomic E-state index is 10.8. The quantitative estimate of drug-likeness (QED) is 0.826. The maximum atomic E-state index is 10.8. The molecule has 1 aromatic carbocycles. The minimum atomic E-state index is -0.906. The van der Waals surface area contributed by atoms with Gasteiger partial charge in [0, 0.05) is 16.8 Å². The molecule has 0 fully saturated rings. The lowest BCUT2D eigenvalue weighted by Crippen LogP contribution is -1.96. The van der Waals surface area contributed by atoms with E-state index in [2.05, 4.69) is 4.98 Å². The molecule has 0 saturated carbocycles. The third-order valence-corrected chi connectivity index (χ3v) is 3.39. The highest BCUT2D eigenvalue weighted by Crippen LogP contribution is 2.22. The smallest absolute Gasteiger partial charge is 0.335 e. The number of thioether (sulfide) groups is 1. The van der Waals surface area contributed by atoms with Crippen molar-refractivity contribution in [3.8, 4) is 0 Å². The lowest BCUT2D eigenvalue weighted by atomic mass is 10.1. The molecule has 2 rings (SSSR count). The fourth-order valence-electron chi connectivity index (χ4n) is 1.44. The van der Waals surface area contributed by atoms with Crippen molar-refractivity contribution in [2.75, 3.05) is 5.73 Å². The van der Waals surface area contributed by atoms with Crippen molar-refractivity contribution in [1.82, 2.24) is 4.98 Å². The van der Waals surface area contributed by atoms with Gasteiger partial charge in [-0.05, 0) is 29.8 Å². The Morgan fingerprint density at radius 1 is 1.33 bits per heavy atom. The Balaban J connectivity index is 2.04. The number of nitrogens with two attached hydrogens (primary N) is 1. The first kappa shape index (κ1) is 12.4. The van der Waals surface area contributed by atoms with Gasteiger partial charge in [-0.25, -0.2) is 9.78 Å². The van der Waals surface area contributed by atoms with E-state index in [4.69, 9.17) is 10.8 Å². The van der Waals surface area contributed by atoms with Crippen molar-refractivity contribution in [2.45, 2.75) is 10.6 Å². The number of benzene rings is 1. The summed E-state index contributed by atoms with van der Waals surface area (Å²) in [7, 11) is 0. The number of carbonyl (C=O) groups is 1. The van der Waals surface area contributed by atoms with Gasteiger partial charge in [-0.2, -0.15) is 0 Å². The van der Waals surface area contributed by atoms with E-state index >= 15 is 0 Å². The molecule has 1 aromatic heterocycles. The van der Waals surface area contributed by atoms with Gasteiger partial charge in [0.05, 0.1) is 5.56 Å². The number of hydrogen-bond donors (Lipinski definition) is 2. The minimum Gasteiger partial charge on any atom is -0.478 e. The van der Waals surface area contributed by atoms with Gasteiger partial charge < -0.3 is 10.8 Å². The molecule has 1 heterocycles. The first-order chi connectivity index (χ1) is 8.65. The molecule has 0 aliphatic rings. The number of rotatable bonds is 4. The van der Waals surface area contributed by atoms with Crippen molar-refractivity contribution in [3.05, 3.63) is 53.7 Å². The fourth-order valence-corrected chi connectivity index (χ4v) is 2.24. The Kier molecular flexibility index (Phi) is 3.84. The summed E-state index contributed by atoms with van der Waals surface area (Å²) >= 11 is 1.59. The van der Waals surface area contributed by atoms with Crippen LogP contribution in [0.3, 0.4) is 0 Å². The average Bonchev–Trinajstić information content (AvgIpc) is 2.38. The van der Waals surface area contributed by atoms with Crippen LogP contribution in [0.5, 0.6) is 0 Å². The van der Waals surface area contributed by atoms with E-state index in [1.54, 1.807) is 42.2 Å². The Bertz CT molecular complexity index is 555. The highest BCUT2D eigenvalue weighted by molar-refractivity contribution is 7.98. The molecule has 3 N–H and O–H groups in total. The molecule has 0 saturated heterocycles. The third-order valence-electron chi connectivity index (χ3n) is 2.34. The lowest BCUT2D eigenvalue weighted by Gasteiger charge is -2.03. The van der Waals surface area contributed by atoms with Crippen LogP contribution in [0, 0.1) is 0 Å². The van der Waals surface area contributed by atoms with Gasteiger partial charge >= 0.3 is 5.97 Å². The van der Waals surface area contributed by atoms with Crippen LogP contribution < -0.4 is 5.73 Å². The molecule has 92 valence electrons. The van der Waals surface area contributed by atoms with Gasteiger partial charge in [0.1, 0.15) is 5.82 Å². The van der Waals surface area contributed by atoms with Crippen molar-refractivity contribution < 1.29 is 9.90 Å². The van der Waals surface area contributed by atoms with Gasteiger partial charge in [-0.3, -0.25) is 0 Å². The van der Waals surface area contributed by atoms with Crippen LogP contribution >= 0.6 is 11.8 Å². The van der Waals surface area contributed by atoms with E-state index < -0.39 is 5.97 Å². The van der Waals surface area contributed by atoms with E-state index in [0.29, 0.717) is 17.1 Å². The van der Waals surface area contributed by atoms with E-state index in [0.717, 1.165) is 10.5 Å². The molecule has 0 radical (unpaired) electrons. The second-order valence-electron chi connectivity index (χ2n) is 3.71. The fraction of sp³-hybridized carbons (Fsp3) is 0.0769. The predicted molar refractivity (Wildman–Crippen MR) is 71.6 cm³/mol. The molecule has 0 aliphatic carbocycles. The second kappa shape index (κ2) is 5.55. The number of carboxylic acids is 1. The summed E-state index contributed by atoms with van der Waals surface area (Å²) in [6.07, 6.45) is 1.71. The maximum Gasteiger partial charge on any atom is 0.335 e. The van der Waals surface area contributed by atoms with Crippen molar-refractivity contribution >= 4 is 23.5 Å². The van der Waals surface area contributed by atoms with Crippen molar-refractivity contribution in [1.29, 1.82) is 0 Å². The first-order valence-corrected chi connectivity index (χ1v) is 6.30.